The third kappa shape index (κ3) is 4.53. The van der Waals surface area contributed by atoms with Crippen LogP contribution in [0, 0.1) is 5.41 Å². The van der Waals surface area contributed by atoms with Crippen LogP contribution in [0.1, 0.15) is 17.7 Å². The fraction of sp³-hybridized carbons (Fsp3) is 0.714. The number of nitrogens with zero attached hydrogens (tertiary/aromatic N) is 1. The maximum absolute atomic E-state index is 5.52. The topological polar surface area (TPSA) is 24.5 Å². The Balaban J connectivity index is 1.92. The number of hydrogen-bond donors (Lipinski definition) is 1. The largest absolute Gasteiger partial charge is 0.381 e. The molecule has 0 radical (unpaired) electrons. The molecule has 0 atom stereocenters. The van der Waals surface area contributed by atoms with Crippen molar-refractivity contribution in [1.82, 2.24) is 10.2 Å². The second-order valence-corrected chi connectivity index (χ2v) is 7.46. The van der Waals surface area contributed by atoms with Crippen LogP contribution >= 0.6 is 27.3 Å². The molecule has 5 heteroatoms. The van der Waals surface area contributed by atoms with Crippen molar-refractivity contribution in [3.63, 3.8) is 0 Å². The zero-order valence-corrected chi connectivity index (χ0v) is 14.1. The van der Waals surface area contributed by atoms with E-state index in [-0.39, 0.29) is 0 Å². The van der Waals surface area contributed by atoms with E-state index in [0.717, 1.165) is 45.7 Å². The first kappa shape index (κ1) is 15.4. The zero-order valence-electron chi connectivity index (χ0n) is 11.7. The van der Waals surface area contributed by atoms with Crippen molar-refractivity contribution in [2.24, 2.45) is 5.41 Å². The van der Waals surface area contributed by atoms with E-state index in [0.29, 0.717) is 5.41 Å². The van der Waals surface area contributed by atoms with E-state index < -0.39 is 0 Å². The average molecular weight is 347 g/mol. The third-order valence-corrected chi connectivity index (χ3v) is 5.44. The highest BCUT2D eigenvalue weighted by Crippen LogP contribution is 2.31. The fourth-order valence-corrected chi connectivity index (χ4v) is 4.43. The summed E-state index contributed by atoms with van der Waals surface area (Å²) < 4.78 is 6.72. The molecule has 1 saturated heterocycles. The van der Waals surface area contributed by atoms with Crippen molar-refractivity contribution in [3.8, 4) is 0 Å². The van der Waals surface area contributed by atoms with Crippen LogP contribution in [0.15, 0.2) is 15.9 Å². The van der Waals surface area contributed by atoms with Crippen molar-refractivity contribution in [2.75, 3.05) is 40.4 Å². The van der Waals surface area contributed by atoms with Crippen LogP contribution in [0.4, 0.5) is 0 Å². The number of ether oxygens (including phenoxy) is 1. The molecule has 19 heavy (non-hydrogen) atoms. The minimum Gasteiger partial charge on any atom is -0.381 e. The molecule has 2 rings (SSSR count). The summed E-state index contributed by atoms with van der Waals surface area (Å²) in [7, 11) is 4.27. The second kappa shape index (κ2) is 7.18. The van der Waals surface area contributed by atoms with Crippen molar-refractivity contribution in [1.29, 1.82) is 0 Å². The maximum Gasteiger partial charge on any atom is 0.0472 e. The molecule has 1 aromatic rings. The molecule has 0 aromatic carbocycles. The third-order valence-electron chi connectivity index (χ3n) is 3.76. The molecular formula is C14H23BrN2OS. The van der Waals surface area contributed by atoms with Crippen LogP contribution in [0.2, 0.25) is 0 Å². The second-order valence-electron chi connectivity index (χ2n) is 5.55. The van der Waals surface area contributed by atoms with Crippen molar-refractivity contribution in [2.45, 2.75) is 19.4 Å². The lowest BCUT2D eigenvalue weighted by Gasteiger charge is -2.40. The first-order valence-electron chi connectivity index (χ1n) is 6.77. The normalized spacial score (nSPS) is 18.9. The van der Waals surface area contributed by atoms with Gasteiger partial charge in [-0.3, -0.25) is 0 Å². The zero-order chi connectivity index (χ0) is 13.7. The number of hydrogen-bond acceptors (Lipinski definition) is 4. The van der Waals surface area contributed by atoms with Gasteiger partial charge in [-0.05, 0) is 54.3 Å². The van der Waals surface area contributed by atoms with Gasteiger partial charge >= 0.3 is 0 Å². The Morgan fingerprint density at radius 1 is 1.47 bits per heavy atom. The predicted octanol–water partition coefficient (Wildman–Crippen LogP) is 2.96. The number of nitrogens with one attached hydrogen (secondary N) is 1. The van der Waals surface area contributed by atoms with Gasteiger partial charge in [-0.15, -0.1) is 11.3 Å². The molecule has 0 amide bonds. The monoisotopic (exact) mass is 346 g/mol. The van der Waals surface area contributed by atoms with Crippen LogP contribution < -0.4 is 5.32 Å². The van der Waals surface area contributed by atoms with E-state index in [2.05, 4.69) is 44.6 Å². The summed E-state index contributed by atoms with van der Waals surface area (Å²) in [5, 5.41) is 5.52. The Kier molecular flexibility index (Phi) is 5.84. The van der Waals surface area contributed by atoms with E-state index >= 15 is 0 Å². The van der Waals surface area contributed by atoms with E-state index in [1.165, 1.54) is 9.35 Å². The summed E-state index contributed by atoms with van der Waals surface area (Å²) in [5.41, 5.74) is 0.371. The highest BCUT2D eigenvalue weighted by Gasteiger charge is 2.33. The minimum atomic E-state index is 0.371. The summed E-state index contributed by atoms with van der Waals surface area (Å²) in [6.45, 7) is 5.05. The molecule has 1 aliphatic heterocycles. The lowest BCUT2D eigenvalue weighted by molar-refractivity contribution is -0.000617. The molecular weight excluding hydrogens is 324 g/mol. The van der Waals surface area contributed by atoms with E-state index in [1.54, 1.807) is 0 Å². The quantitative estimate of drug-likeness (QED) is 0.856. The Morgan fingerprint density at radius 3 is 2.79 bits per heavy atom. The van der Waals surface area contributed by atoms with Gasteiger partial charge in [0.05, 0.1) is 0 Å². The van der Waals surface area contributed by atoms with Gasteiger partial charge in [-0.2, -0.15) is 0 Å². The number of halogens is 1. The van der Waals surface area contributed by atoms with Gasteiger partial charge in [0.25, 0.3) is 0 Å². The first-order chi connectivity index (χ1) is 9.13. The summed E-state index contributed by atoms with van der Waals surface area (Å²) in [6, 6.07) is 2.22. The van der Waals surface area contributed by atoms with Crippen LogP contribution in [0.3, 0.4) is 0 Å². The molecule has 0 aliphatic carbocycles. The summed E-state index contributed by atoms with van der Waals surface area (Å²) in [5.74, 6) is 0. The SMILES string of the molecule is CNCC1(CN(C)Cc2cc(Br)cs2)CCOCC1. The number of rotatable bonds is 6. The maximum atomic E-state index is 5.52. The summed E-state index contributed by atoms with van der Waals surface area (Å²) >= 11 is 5.34. The van der Waals surface area contributed by atoms with Gasteiger partial charge in [-0.25, -0.2) is 0 Å². The molecule has 1 N–H and O–H groups in total. The smallest absolute Gasteiger partial charge is 0.0472 e. The molecule has 108 valence electrons. The lowest BCUT2D eigenvalue weighted by atomic mass is 9.79. The van der Waals surface area contributed by atoms with Crippen molar-refractivity contribution in [3.05, 3.63) is 20.8 Å². The van der Waals surface area contributed by atoms with Gasteiger partial charge in [0, 0.05) is 47.6 Å². The van der Waals surface area contributed by atoms with E-state index in [9.17, 15) is 0 Å². The van der Waals surface area contributed by atoms with Crippen LogP contribution in [-0.2, 0) is 11.3 Å². The Bertz CT molecular complexity index is 385. The van der Waals surface area contributed by atoms with Crippen LogP contribution in [0.5, 0.6) is 0 Å². The van der Waals surface area contributed by atoms with Gasteiger partial charge in [0.15, 0.2) is 0 Å². The van der Waals surface area contributed by atoms with Crippen molar-refractivity contribution < 1.29 is 4.74 Å². The average Bonchev–Trinajstić information content (AvgIpc) is 2.75. The van der Waals surface area contributed by atoms with Crippen LogP contribution in [0.25, 0.3) is 0 Å². The van der Waals surface area contributed by atoms with Gasteiger partial charge in [-0.1, -0.05) is 0 Å². The van der Waals surface area contributed by atoms with E-state index in [1.807, 2.05) is 18.4 Å². The van der Waals surface area contributed by atoms with Gasteiger partial charge in [0.2, 0.25) is 0 Å². The van der Waals surface area contributed by atoms with Gasteiger partial charge < -0.3 is 15.0 Å². The fourth-order valence-electron chi connectivity index (χ4n) is 2.90. The Morgan fingerprint density at radius 2 is 2.21 bits per heavy atom. The molecule has 2 heterocycles. The number of thiophene rings is 1. The Labute approximate surface area is 128 Å². The molecule has 0 bridgehead atoms. The molecule has 0 spiro atoms. The first-order valence-corrected chi connectivity index (χ1v) is 8.45. The molecule has 3 nitrogen and oxygen atoms in total. The highest BCUT2D eigenvalue weighted by atomic mass is 79.9. The van der Waals surface area contributed by atoms with Crippen molar-refractivity contribution >= 4 is 27.3 Å². The molecule has 1 aromatic heterocycles. The molecule has 1 aliphatic rings. The summed E-state index contributed by atoms with van der Waals surface area (Å²) in [6.07, 6.45) is 2.32. The standard InChI is InChI=1S/C14H23BrN2OS/c1-16-10-14(3-5-18-6-4-14)11-17(2)8-13-7-12(15)9-19-13/h7,9,16H,3-6,8,10-11H2,1-2H3. The Hall–Kier alpha value is 0.0600. The predicted molar refractivity (Wildman–Crippen MR) is 84.8 cm³/mol. The lowest BCUT2D eigenvalue weighted by Crippen LogP contribution is -2.45. The van der Waals surface area contributed by atoms with Crippen LogP contribution in [-0.4, -0.2) is 45.3 Å². The highest BCUT2D eigenvalue weighted by molar-refractivity contribution is 9.10. The molecule has 0 unspecified atom stereocenters. The molecule has 0 saturated carbocycles. The minimum absolute atomic E-state index is 0.371. The van der Waals surface area contributed by atoms with Gasteiger partial charge in [0.1, 0.15) is 0 Å². The molecule has 1 fully saturated rings. The van der Waals surface area contributed by atoms with E-state index in [4.69, 9.17) is 4.74 Å². The summed E-state index contributed by atoms with van der Waals surface area (Å²) in [4.78, 5) is 3.86.